The van der Waals surface area contributed by atoms with Crippen LogP contribution in [-0.4, -0.2) is 66.8 Å². The van der Waals surface area contributed by atoms with Crippen LogP contribution in [0, 0.1) is 5.92 Å². The Balaban J connectivity index is 1.37. The maximum atomic E-state index is 13.2. The number of anilines is 1. The van der Waals surface area contributed by atoms with E-state index in [0.29, 0.717) is 36.8 Å². The number of likely N-dealkylation sites (tertiary alicyclic amines) is 1. The van der Waals surface area contributed by atoms with Crippen molar-refractivity contribution in [3.63, 3.8) is 0 Å². The number of halogens is 2. The maximum absolute atomic E-state index is 13.2. The van der Waals surface area contributed by atoms with Crippen LogP contribution in [0.4, 0.5) is 5.69 Å². The van der Waals surface area contributed by atoms with E-state index in [-0.39, 0.29) is 46.3 Å². The highest BCUT2D eigenvalue weighted by Gasteiger charge is 2.44. The van der Waals surface area contributed by atoms with Gasteiger partial charge >= 0.3 is 11.9 Å². The van der Waals surface area contributed by atoms with Gasteiger partial charge in [0, 0.05) is 17.1 Å². The Hall–Kier alpha value is -3.27. The molecule has 11 heteroatoms. The number of carbonyl (C=O) groups excluding carboxylic acids is 5. The fourth-order valence-corrected chi connectivity index (χ4v) is 5.18. The third-order valence-electron chi connectivity index (χ3n) is 6.56. The van der Waals surface area contributed by atoms with Gasteiger partial charge in [-0.3, -0.25) is 24.1 Å². The number of ketones is 1. The average molecular weight is 561 g/mol. The minimum absolute atomic E-state index is 0.00748. The molecule has 0 N–H and O–H groups in total. The molecule has 0 radical (unpaired) electrons. The van der Waals surface area contributed by atoms with Crippen LogP contribution < -0.4 is 4.90 Å². The number of hydrogen-bond acceptors (Lipinski definition) is 8. The van der Waals surface area contributed by atoms with E-state index in [1.165, 1.54) is 42.5 Å². The molecule has 0 saturated carbocycles. The lowest BCUT2D eigenvalue weighted by molar-refractivity contribution is -0.150. The highest BCUT2D eigenvalue weighted by atomic mass is 35.5. The van der Waals surface area contributed by atoms with E-state index in [1.807, 2.05) is 4.90 Å². The smallest absolute Gasteiger partial charge is 0.338 e. The van der Waals surface area contributed by atoms with E-state index in [2.05, 4.69) is 0 Å². The molecule has 0 aliphatic carbocycles. The minimum Gasteiger partial charge on any atom is -0.466 e. The zero-order chi connectivity index (χ0) is 27.4. The molecule has 2 atom stereocenters. The van der Waals surface area contributed by atoms with Crippen LogP contribution in [0.5, 0.6) is 0 Å². The first-order valence-corrected chi connectivity index (χ1v) is 13.0. The lowest BCUT2D eigenvalue weighted by Gasteiger charge is -2.34. The van der Waals surface area contributed by atoms with Gasteiger partial charge in [0.15, 0.2) is 6.61 Å². The fraction of sp³-hybridized carbons (Fsp3) is 0.370. The van der Waals surface area contributed by atoms with Crippen molar-refractivity contribution in [3.8, 4) is 0 Å². The number of hydrogen-bond donors (Lipinski definition) is 0. The van der Waals surface area contributed by atoms with Gasteiger partial charge in [-0.05, 0) is 68.8 Å². The van der Waals surface area contributed by atoms with Crippen LogP contribution in [0.1, 0.15) is 46.9 Å². The second kappa shape index (κ2) is 12.1. The zero-order valence-corrected chi connectivity index (χ0v) is 22.2. The molecule has 2 amide bonds. The Labute approximate surface area is 229 Å². The molecule has 200 valence electrons. The largest absolute Gasteiger partial charge is 0.466 e. The summed E-state index contributed by atoms with van der Waals surface area (Å²) in [6.07, 6.45) is 1.42. The lowest BCUT2D eigenvalue weighted by atomic mass is 9.96. The van der Waals surface area contributed by atoms with Gasteiger partial charge in [0.1, 0.15) is 0 Å². The Morgan fingerprint density at radius 3 is 2.45 bits per heavy atom. The number of carbonyl (C=O) groups is 5. The van der Waals surface area contributed by atoms with Gasteiger partial charge in [-0.15, -0.1) is 0 Å². The first-order valence-electron chi connectivity index (χ1n) is 12.2. The molecule has 0 bridgehead atoms. The van der Waals surface area contributed by atoms with Crippen LogP contribution in [-0.2, 0) is 23.9 Å². The van der Waals surface area contributed by atoms with Crippen molar-refractivity contribution in [2.45, 2.75) is 32.2 Å². The molecule has 2 unspecified atom stereocenters. The summed E-state index contributed by atoms with van der Waals surface area (Å²) < 4.78 is 10.2. The third kappa shape index (κ3) is 6.06. The van der Waals surface area contributed by atoms with Crippen molar-refractivity contribution >= 4 is 58.4 Å². The summed E-state index contributed by atoms with van der Waals surface area (Å²) >= 11 is 11.9. The summed E-state index contributed by atoms with van der Waals surface area (Å²) in [7, 11) is 0. The van der Waals surface area contributed by atoms with Gasteiger partial charge in [-0.25, -0.2) is 9.69 Å². The number of amides is 2. The number of esters is 2. The van der Waals surface area contributed by atoms with E-state index in [1.54, 1.807) is 6.92 Å². The number of piperidine rings is 1. The number of ether oxygens (including phenoxy) is 2. The summed E-state index contributed by atoms with van der Waals surface area (Å²) in [5.74, 6) is -2.58. The number of nitrogens with zero attached hydrogens (tertiary/aromatic N) is 2. The SMILES string of the molecule is CCOC(=O)C1CCCN(C2CC(=O)N(c3ccc(C(=O)OCC(=O)c4ccc(Cl)cc4Cl)cc3)C2=O)C1. The summed E-state index contributed by atoms with van der Waals surface area (Å²) in [6, 6.07) is 9.52. The van der Waals surface area contributed by atoms with E-state index >= 15 is 0 Å². The van der Waals surface area contributed by atoms with E-state index in [4.69, 9.17) is 32.7 Å². The van der Waals surface area contributed by atoms with Gasteiger partial charge in [-0.2, -0.15) is 0 Å². The van der Waals surface area contributed by atoms with Crippen LogP contribution in [0.15, 0.2) is 42.5 Å². The van der Waals surface area contributed by atoms with Gasteiger partial charge < -0.3 is 9.47 Å². The monoisotopic (exact) mass is 560 g/mol. The lowest BCUT2D eigenvalue weighted by Crippen LogP contribution is -2.48. The number of benzene rings is 2. The van der Waals surface area contributed by atoms with Gasteiger partial charge in [0.2, 0.25) is 11.7 Å². The Bertz CT molecular complexity index is 1260. The molecular formula is C27H26Cl2N2O7. The molecule has 4 rings (SSSR count). The molecule has 2 heterocycles. The Morgan fingerprint density at radius 2 is 1.76 bits per heavy atom. The quantitative estimate of drug-likeness (QED) is 0.271. The third-order valence-corrected chi connectivity index (χ3v) is 7.11. The molecule has 2 aromatic rings. The first-order chi connectivity index (χ1) is 18.2. The molecular weight excluding hydrogens is 535 g/mol. The number of Topliss-reactive ketones (excluding diaryl/α,β-unsaturated/α-hetero) is 1. The first kappa shape index (κ1) is 27.8. The molecule has 0 spiro atoms. The van der Waals surface area contributed by atoms with Crippen LogP contribution >= 0.6 is 23.2 Å². The van der Waals surface area contributed by atoms with Crippen molar-refractivity contribution in [1.29, 1.82) is 0 Å². The van der Waals surface area contributed by atoms with Crippen molar-refractivity contribution in [2.24, 2.45) is 5.92 Å². The summed E-state index contributed by atoms with van der Waals surface area (Å²) in [4.78, 5) is 65.9. The topological polar surface area (TPSA) is 110 Å². The molecule has 2 aliphatic rings. The minimum atomic E-state index is -0.745. The fourth-order valence-electron chi connectivity index (χ4n) is 4.67. The van der Waals surface area contributed by atoms with Gasteiger partial charge in [0.05, 0.1) is 41.3 Å². The molecule has 2 aromatic carbocycles. The van der Waals surface area contributed by atoms with Crippen LogP contribution in [0.25, 0.3) is 0 Å². The van der Waals surface area contributed by atoms with Crippen molar-refractivity contribution in [1.82, 2.24) is 4.90 Å². The van der Waals surface area contributed by atoms with Crippen molar-refractivity contribution in [2.75, 3.05) is 31.2 Å². The summed E-state index contributed by atoms with van der Waals surface area (Å²) in [6.45, 7) is 2.49. The molecule has 0 aromatic heterocycles. The van der Waals surface area contributed by atoms with Crippen LogP contribution in [0.3, 0.4) is 0 Å². The molecule has 38 heavy (non-hydrogen) atoms. The van der Waals surface area contributed by atoms with Gasteiger partial charge in [0.25, 0.3) is 5.91 Å². The number of rotatable bonds is 8. The highest BCUT2D eigenvalue weighted by Crippen LogP contribution is 2.29. The second-order valence-corrected chi connectivity index (χ2v) is 9.89. The average Bonchev–Trinajstić information content (AvgIpc) is 3.21. The number of imide groups is 1. The van der Waals surface area contributed by atoms with Crippen molar-refractivity contribution in [3.05, 3.63) is 63.6 Å². The van der Waals surface area contributed by atoms with E-state index < -0.39 is 24.4 Å². The molecule has 9 nitrogen and oxygen atoms in total. The zero-order valence-electron chi connectivity index (χ0n) is 20.7. The van der Waals surface area contributed by atoms with E-state index in [0.717, 1.165) is 11.3 Å². The van der Waals surface area contributed by atoms with Gasteiger partial charge in [-0.1, -0.05) is 23.2 Å². The summed E-state index contributed by atoms with van der Waals surface area (Å²) in [5, 5.41) is 0.531. The molecule has 2 fully saturated rings. The van der Waals surface area contributed by atoms with Crippen molar-refractivity contribution < 1.29 is 33.4 Å². The Kier molecular flexibility index (Phi) is 8.81. The molecule has 2 aliphatic heterocycles. The highest BCUT2D eigenvalue weighted by molar-refractivity contribution is 6.36. The standard InChI is InChI=1S/C27H26Cl2N2O7/c1-2-37-27(36)17-4-3-11-30(14-17)22-13-24(33)31(25(22)34)19-8-5-16(6-9-19)26(35)38-15-23(32)20-10-7-18(28)12-21(20)29/h5-10,12,17,22H,2-4,11,13-15H2,1H3. The normalized spacial score (nSPS) is 19.9. The summed E-state index contributed by atoms with van der Waals surface area (Å²) in [5.41, 5.74) is 0.650. The Morgan fingerprint density at radius 1 is 1.03 bits per heavy atom. The predicted octanol–water partition coefficient (Wildman–Crippen LogP) is 3.94. The maximum Gasteiger partial charge on any atom is 0.338 e. The molecule has 2 saturated heterocycles. The van der Waals surface area contributed by atoms with E-state index in [9.17, 15) is 24.0 Å². The second-order valence-electron chi connectivity index (χ2n) is 9.04. The predicted molar refractivity (Wildman–Crippen MR) is 139 cm³/mol. The van der Waals surface area contributed by atoms with Crippen LogP contribution in [0.2, 0.25) is 10.0 Å².